The summed E-state index contributed by atoms with van der Waals surface area (Å²) in [6, 6.07) is 2.83. The summed E-state index contributed by atoms with van der Waals surface area (Å²) in [5, 5.41) is 8.08. The fraction of sp³-hybridized carbons (Fsp3) is 0.786. The highest BCUT2D eigenvalue weighted by Crippen LogP contribution is 2.29. The summed E-state index contributed by atoms with van der Waals surface area (Å²) in [6.45, 7) is 5.83. The summed E-state index contributed by atoms with van der Waals surface area (Å²) in [7, 11) is 1.97. The largest absolute Gasteiger partial charge is 0.314 e. The molecule has 96 valence electrons. The fourth-order valence-corrected chi connectivity index (χ4v) is 2.73. The third-order valence-corrected chi connectivity index (χ3v) is 4.18. The number of rotatable bonds is 4. The lowest BCUT2D eigenvalue weighted by Crippen LogP contribution is -2.37. The molecule has 1 aromatic rings. The van der Waals surface area contributed by atoms with Crippen molar-refractivity contribution in [2.24, 2.45) is 18.9 Å². The van der Waals surface area contributed by atoms with Gasteiger partial charge in [0.2, 0.25) is 0 Å². The highest BCUT2D eigenvalue weighted by molar-refractivity contribution is 4.99. The molecule has 0 radical (unpaired) electrons. The summed E-state index contributed by atoms with van der Waals surface area (Å²) in [6.07, 6.45) is 7.11. The van der Waals surface area contributed by atoms with Crippen LogP contribution in [0.15, 0.2) is 12.3 Å². The molecule has 17 heavy (non-hydrogen) atoms. The van der Waals surface area contributed by atoms with Crippen molar-refractivity contribution >= 4 is 0 Å². The van der Waals surface area contributed by atoms with Gasteiger partial charge in [0.25, 0.3) is 0 Å². The summed E-state index contributed by atoms with van der Waals surface area (Å²) >= 11 is 0. The van der Waals surface area contributed by atoms with Crippen LogP contribution in [0, 0.1) is 11.8 Å². The molecule has 1 heterocycles. The monoisotopic (exact) mass is 235 g/mol. The average molecular weight is 235 g/mol. The van der Waals surface area contributed by atoms with E-state index in [0.29, 0.717) is 0 Å². The number of nitrogens with one attached hydrogen (secondary N) is 1. The highest BCUT2D eigenvalue weighted by atomic mass is 15.2. The minimum absolute atomic E-state index is 0.727. The van der Waals surface area contributed by atoms with Gasteiger partial charge in [0, 0.05) is 32.3 Å². The van der Waals surface area contributed by atoms with E-state index in [0.717, 1.165) is 30.8 Å². The number of hydrogen-bond donors (Lipinski definition) is 1. The first kappa shape index (κ1) is 12.6. The SMILES string of the molecule is CC1CCC(NCCc2ccn(C)n2)CC1C. The Morgan fingerprint density at radius 2 is 2.18 bits per heavy atom. The van der Waals surface area contributed by atoms with Crippen molar-refractivity contribution in [3.63, 3.8) is 0 Å². The van der Waals surface area contributed by atoms with Crippen molar-refractivity contribution in [2.45, 2.75) is 45.6 Å². The molecule has 1 fully saturated rings. The third kappa shape index (κ3) is 3.56. The number of aromatic nitrogens is 2. The molecule has 3 unspecified atom stereocenters. The van der Waals surface area contributed by atoms with Crippen LogP contribution in [-0.4, -0.2) is 22.4 Å². The van der Waals surface area contributed by atoms with Crippen molar-refractivity contribution in [1.82, 2.24) is 15.1 Å². The Morgan fingerprint density at radius 3 is 2.82 bits per heavy atom. The molecule has 0 aliphatic heterocycles. The van der Waals surface area contributed by atoms with Crippen molar-refractivity contribution in [3.05, 3.63) is 18.0 Å². The lowest BCUT2D eigenvalue weighted by molar-refractivity contribution is 0.227. The second-order valence-electron chi connectivity index (χ2n) is 5.65. The zero-order valence-corrected chi connectivity index (χ0v) is 11.3. The van der Waals surface area contributed by atoms with E-state index in [1.54, 1.807) is 0 Å². The molecule has 0 amide bonds. The second-order valence-corrected chi connectivity index (χ2v) is 5.65. The van der Waals surface area contributed by atoms with Gasteiger partial charge in [-0.3, -0.25) is 4.68 Å². The van der Waals surface area contributed by atoms with E-state index in [9.17, 15) is 0 Å². The van der Waals surface area contributed by atoms with Gasteiger partial charge in [-0.15, -0.1) is 0 Å². The maximum absolute atomic E-state index is 4.40. The zero-order valence-electron chi connectivity index (χ0n) is 11.3. The molecular weight excluding hydrogens is 210 g/mol. The van der Waals surface area contributed by atoms with E-state index in [4.69, 9.17) is 0 Å². The van der Waals surface area contributed by atoms with E-state index in [1.807, 2.05) is 17.9 Å². The Morgan fingerprint density at radius 1 is 1.35 bits per heavy atom. The molecule has 0 aromatic carbocycles. The Balaban J connectivity index is 1.69. The Hall–Kier alpha value is -0.830. The van der Waals surface area contributed by atoms with Crippen LogP contribution >= 0.6 is 0 Å². The smallest absolute Gasteiger partial charge is 0.0637 e. The number of nitrogens with zero attached hydrogens (tertiary/aromatic N) is 2. The maximum Gasteiger partial charge on any atom is 0.0637 e. The second kappa shape index (κ2) is 5.67. The molecule has 3 nitrogen and oxygen atoms in total. The van der Waals surface area contributed by atoms with E-state index in [-0.39, 0.29) is 0 Å². The Labute approximate surface area is 105 Å². The van der Waals surface area contributed by atoms with Gasteiger partial charge in [0.15, 0.2) is 0 Å². The predicted octanol–water partition coefficient (Wildman–Crippen LogP) is 2.38. The molecule has 1 saturated carbocycles. The molecule has 2 rings (SSSR count). The minimum atomic E-state index is 0.727. The van der Waals surface area contributed by atoms with Crippen LogP contribution in [0.5, 0.6) is 0 Å². The van der Waals surface area contributed by atoms with E-state index in [1.165, 1.54) is 25.0 Å². The molecule has 1 aromatic heterocycles. The number of aryl methyl sites for hydroxylation is 1. The fourth-order valence-electron chi connectivity index (χ4n) is 2.73. The normalized spacial score (nSPS) is 29.5. The van der Waals surface area contributed by atoms with Gasteiger partial charge in [-0.25, -0.2) is 0 Å². The molecular formula is C14H25N3. The summed E-state index contributed by atoms with van der Waals surface area (Å²) in [5.41, 5.74) is 1.19. The molecule has 1 aliphatic carbocycles. The van der Waals surface area contributed by atoms with Gasteiger partial charge in [-0.1, -0.05) is 13.8 Å². The van der Waals surface area contributed by atoms with Crippen molar-refractivity contribution in [3.8, 4) is 0 Å². The summed E-state index contributed by atoms with van der Waals surface area (Å²) in [4.78, 5) is 0. The van der Waals surface area contributed by atoms with E-state index in [2.05, 4.69) is 30.3 Å². The zero-order chi connectivity index (χ0) is 12.3. The lowest BCUT2D eigenvalue weighted by Gasteiger charge is -2.32. The molecule has 0 spiro atoms. The van der Waals surface area contributed by atoms with Crippen LogP contribution < -0.4 is 5.32 Å². The van der Waals surface area contributed by atoms with Gasteiger partial charge >= 0.3 is 0 Å². The number of hydrogen-bond acceptors (Lipinski definition) is 2. The first-order valence-electron chi connectivity index (χ1n) is 6.87. The van der Waals surface area contributed by atoms with E-state index >= 15 is 0 Å². The van der Waals surface area contributed by atoms with Crippen LogP contribution in [0.3, 0.4) is 0 Å². The van der Waals surface area contributed by atoms with E-state index < -0.39 is 0 Å². The molecule has 0 bridgehead atoms. The lowest BCUT2D eigenvalue weighted by atomic mass is 9.79. The third-order valence-electron chi connectivity index (χ3n) is 4.18. The first-order chi connectivity index (χ1) is 8.15. The topological polar surface area (TPSA) is 29.9 Å². The van der Waals surface area contributed by atoms with Gasteiger partial charge in [0.05, 0.1) is 5.69 Å². The summed E-state index contributed by atoms with van der Waals surface area (Å²) < 4.78 is 1.87. The standard InChI is InChI=1S/C14H25N3/c1-11-4-5-14(10-12(11)2)15-8-6-13-7-9-17(3)16-13/h7,9,11-12,14-15H,4-6,8,10H2,1-3H3. The summed E-state index contributed by atoms with van der Waals surface area (Å²) in [5.74, 6) is 1.78. The minimum Gasteiger partial charge on any atom is -0.314 e. The molecule has 1 N–H and O–H groups in total. The molecule has 3 atom stereocenters. The average Bonchev–Trinajstić information content (AvgIpc) is 2.70. The van der Waals surface area contributed by atoms with Crippen molar-refractivity contribution < 1.29 is 0 Å². The maximum atomic E-state index is 4.40. The van der Waals surface area contributed by atoms with Gasteiger partial charge in [-0.2, -0.15) is 5.10 Å². The Kier molecular flexibility index (Phi) is 4.21. The van der Waals surface area contributed by atoms with Crippen LogP contribution in [0.2, 0.25) is 0 Å². The van der Waals surface area contributed by atoms with Crippen LogP contribution in [0.25, 0.3) is 0 Å². The van der Waals surface area contributed by atoms with Crippen LogP contribution in [0.4, 0.5) is 0 Å². The highest BCUT2D eigenvalue weighted by Gasteiger charge is 2.23. The van der Waals surface area contributed by atoms with Crippen LogP contribution in [-0.2, 0) is 13.5 Å². The molecule has 3 heteroatoms. The predicted molar refractivity (Wildman–Crippen MR) is 70.9 cm³/mol. The quantitative estimate of drug-likeness (QED) is 0.868. The Bertz CT molecular complexity index is 345. The van der Waals surface area contributed by atoms with Gasteiger partial charge in [0.1, 0.15) is 0 Å². The van der Waals surface area contributed by atoms with Crippen LogP contribution in [0.1, 0.15) is 38.8 Å². The molecule has 0 saturated heterocycles. The van der Waals surface area contributed by atoms with Crippen molar-refractivity contribution in [2.75, 3.05) is 6.54 Å². The van der Waals surface area contributed by atoms with Gasteiger partial charge < -0.3 is 5.32 Å². The first-order valence-corrected chi connectivity index (χ1v) is 6.87. The molecule has 1 aliphatic rings. The van der Waals surface area contributed by atoms with Gasteiger partial charge in [-0.05, 0) is 37.2 Å². The van der Waals surface area contributed by atoms with Crippen molar-refractivity contribution in [1.29, 1.82) is 0 Å².